The predicted octanol–water partition coefficient (Wildman–Crippen LogP) is 1.22. The molecule has 0 aromatic heterocycles. The fraction of sp³-hybridized carbons (Fsp3) is 0.750. The van der Waals surface area contributed by atoms with Gasteiger partial charge in [0.2, 0.25) is 0 Å². The largest absolute Gasteiger partial charge is 0.480 e. The van der Waals surface area contributed by atoms with Gasteiger partial charge >= 0.3 is 25.5 Å². The molecule has 0 fully saturated rings. The average Bonchev–Trinajstić information content (AvgIpc) is 2.45. The van der Waals surface area contributed by atoms with Crippen LogP contribution in [0, 0.1) is 11.3 Å². The number of esters is 1. The number of ether oxygens (including phenoxy) is 1. The lowest BCUT2D eigenvalue weighted by Gasteiger charge is -2.31. The van der Waals surface area contributed by atoms with E-state index in [1.54, 1.807) is 0 Å². The molecule has 0 aliphatic heterocycles. The third-order valence-electron chi connectivity index (χ3n) is 3.66. The fourth-order valence-corrected chi connectivity index (χ4v) is 3.75. The van der Waals surface area contributed by atoms with Crippen molar-refractivity contribution in [3.63, 3.8) is 0 Å². The zero-order valence-electron chi connectivity index (χ0n) is 13.1. The molecular formula is C12H21O9P. The average molecular weight is 340 g/mol. The minimum absolute atomic E-state index is 0.202. The van der Waals surface area contributed by atoms with E-state index in [0.29, 0.717) is 0 Å². The monoisotopic (exact) mass is 340 g/mol. The first-order valence-corrected chi connectivity index (χ1v) is 7.92. The van der Waals surface area contributed by atoms with Crippen LogP contribution in [0.3, 0.4) is 0 Å². The highest BCUT2D eigenvalue weighted by Gasteiger charge is 2.59. The Morgan fingerprint density at radius 2 is 1.45 bits per heavy atom. The zero-order valence-corrected chi connectivity index (χ0v) is 14.0. The summed E-state index contributed by atoms with van der Waals surface area (Å²) in [5.41, 5.74) is -3.62. The van der Waals surface area contributed by atoms with Gasteiger partial charge in [0.1, 0.15) is 0 Å². The number of carboxylic acids is 2. The quantitative estimate of drug-likeness (QED) is 0.360. The number of carbonyl (C=O) groups excluding carboxylic acids is 1. The first-order valence-electron chi connectivity index (χ1n) is 6.30. The highest BCUT2D eigenvalue weighted by atomic mass is 31.2. The van der Waals surface area contributed by atoms with Crippen molar-refractivity contribution in [1.29, 1.82) is 0 Å². The van der Waals surface area contributed by atoms with E-state index in [9.17, 15) is 29.2 Å². The molecule has 0 radical (unpaired) electrons. The summed E-state index contributed by atoms with van der Waals surface area (Å²) in [7, 11) is -0.315. The van der Waals surface area contributed by atoms with Crippen molar-refractivity contribution in [2.24, 2.45) is 11.3 Å². The van der Waals surface area contributed by atoms with Crippen LogP contribution in [0.1, 0.15) is 20.3 Å². The molecule has 0 aromatic carbocycles. The van der Waals surface area contributed by atoms with E-state index < -0.39 is 42.5 Å². The Bertz CT molecular complexity index is 465. The van der Waals surface area contributed by atoms with Crippen LogP contribution in [0.25, 0.3) is 0 Å². The lowest BCUT2D eigenvalue weighted by atomic mass is 9.74. The maximum Gasteiger partial charge on any atom is 0.335 e. The summed E-state index contributed by atoms with van der Waals surface area (Å²) in [5.74, 6) is -6.33. The van der Waals surface area contributed by atoms with Gasteiger partial charge in [0, 0.05) is 14.2 Å². The molecule has 0 aromatic rings. The minimum Gasteiger partial charge on any atom is -0.480 e. The van der Waals surface area contributed by atoms with Crippen LogP contribution in [-0.2, 0) is 32.7 Å². The highest BCUT2D eigenvalue weighted by molar-refractivity contribution is 7.54. The summed E-state index contributed by atoms with van der Waals surface area (Å²) in [6.07, 6.45) is -0.202. The lowest BCUT2D eigenvalue weighted by Crippen LogP contribution is -2.52. The molecule has 0 heterocycles. The maximum atomic E-state index is 12.2. The normalized spacial score (nSPS) is 15.0. The molecular weight excluding hydrogens is 319 g/mol. The minimum atomic E-state index is -3.53. The van der Waals surface area contributed by atoms with Crippen molar-refractivity contribution in [3.8, 4) is 0 Å². The summed E-state index contributed by atoms with van der Waals surface area (Å²) < 4.78 is 26.2. The van der Waals surface area contributed by atoms with Crippen molar-refractivity contribution < 1.29 is 42.9 Å². The standard InChI is InChI=1S/C12H21O9P/c1-7(6-8(2)22(18,20-4)21-5)12(9(13)14,10(15)16)11(17)19-3/h7-8H,6H2,1-5H3,(H,13,14)(H,15,16). The van der Waals surface area contributed by atoms with Crippen molar-refractivity contribution in [2.75, 3.05) is 21.3 Å². The molecule has 0 rings (SSSR count). The zero-order chi connectivity index (χ0) is 17.7. The molecule has 22 heavy (non-hydrogen) atoms. The topological polar surface area (TPSA) is 136 Å². The first-order chi connectivity index (χ1) is 10.0. The van der Waals surface area contributed by atoms with E-state index in [1.165, 1.54) is 13.8 Å². The lowest BCUT2D eigenvalue weighted by molar-refractivity contribution is -0.182. The third-order valence-corrected chi connectivity index (χ3v) is 5.97. The van der Waals surface area contributed by atoms with Gasteiger partial charge in [-0.2, -0.15) is 0 Å². The SMILES string of the molecule is COC(=O)C(C(=O)O)(C(=O)O)C(C)CC(C)P(=O)(OC)OC. The molecule has 2 N–H and O–H groups in total. The van der Waals surface area contributed by atoms with E-state index >= 15 is 0 Å². The Labute approximate surface area is 128 Å². The van der Waals surface area contributed by atoms with Crippen molar-refractivity contribution in [1.82, 2.24) is 0 Å². The van der Waals surface area contributed by atoms with Gasteiger partial charge in [-0.25, -0.2) is 0 Å². The van der Waals surface area contributed by atoms with Gasteiger partial charge < -0.3 is 24.0 Å². The molecule has 2 unspecified atom stereocenters. The number of hydrogen-bond acceptors (Lipinski definition) is 7. The summed E-state index contributed by atoms with van der Waals surface area (Å²) in [6, 6.07) is 0. The summed E-state index contributed by atoms with van der Waals surface area (Å²) in [4.78, 5) is 34.7. The van der Waals surface area contributed by atoms with Crippen LogP contribution in [0.15, 0.2) is 0 Å². The third kappa shape index (κ3) is 3.48. The number of carboxylic acid groups (broad SMARTS) is 2. The second-order valence-corrected chi connectivity index (χ2v) is 7.49. The summed E-state index contributed by atoms with van der Waals surface area (Å²) in [5, 5.41) is 18.6. The Balaban J connectivity index is 5.71. The van der Waals surface area contributed by atoms with Gasteiger partial charge in [0.25, 0.3) is 5.41 Å². The van der Waals surface area contributed by atoms with Gasteiger partial charge in [-0.15, -0.1) is 0 Å². The van der Waals surface area contributed by atoms with Crippen LogP contribution in [0.5, 0.6) is 0 Å². The Morgan fingerprint density at radius 1 is 1.05 bits per heavy atom. The molecule has 10 heteroatoms. The van der Waals surface area contributed by atoms with E-state index in [-0.39, 0.29) is 6.42 Å². The van der Waals surface area contributed by atoms with Crippen molar-refractivity contribution in [2.45, 2.75) is 25.9 Å². The van der Waals surface area contributed by atoms with Gasteiger partial charge in [0.05, 0.1) is 12.8 Å². The number of hydrogen-bond donors (Lipinski definition) is 2. The second-order valence-electron chi connectivity index (χ2n) is 4.80. The second kappa shape index (κ2) is 7.71. The molecule has 2 atom stereocenters. The van der Waals surface area contributed by atoms with Crippen LogP contribution >= 0.6 is 7.60 Å². The molecule has 0 saturated carbocycles. The molecule has 128 valence electrons. The van der Waals surface area contributed by atoms with Gasteiger partial charge in [0.15, 0.2) is 0 Å². The van der Waals surface area contributed by atoms with Gasteiger partial charge in [-0.1, -0.05) is 13.8 Å². The summed E-state index contributed by atoms with van der Waals surface area (Å²) >= 11 is 0. The number of rotatable bonds is 9. The first kappa shape index (κ1) is 20.6. The van der Waals surface area contributed by atoms with Crippen LogP contribution < -0.4 is 0 Å². The van der Waals surface area contributed by atoms with E-state index in [1.807, 2.05) is 0 Å². The molecule has 0 amide bonds. The number of methoxy groups -OCH3 is 1. The predicted molar refractivity (Wildman–Crippen MR) is 74.6 cm³/mol. The molecule has 0 bridgehead atoms. The Kier molecular flexibility index (Phi) is 7.21. The van der Waals surface area contributed by atoms with Crippen LogP contribution in [-0.4, -0.2) is 55.1 Å². The molecule has 0 aliphatic rings. The Morgan fingerprint density at radius 3 is 1.73 bits per heavy atom. The maximum absolute atomic E-state index is 12.2. The Hall–Kier alpha value is -1.44. The van der Waals surface area contributed by atoms with Crippen molar-refractivity contribution in [3.05, 3.63) is 0 Å². The van der Waals surface area contributed by atoms with E-state index in [0.717, 1.165) is 21.3 Å². The van der Waals surface area contributed by atoms with Crippen LogP contribution in [0.2, 0.25) is 0 Å². The number of carbonyl (C=O) groups is 3. The van der Waals surface area contributed by atoms with E-state index in [2.05, 4.69) is 4.74 Å². The molecule has 9 nitrogen and oxygen atoms in total. The van der Waals surface area contributed by atoms with Crippen molar-refractivity contribution >= 4 is 25.5 Å². The molecule has 0 saturated heterocycles. The smallest absolute Gasteiger partial charge is 0.335 e. The van der Waals surface area contributed by atoms with Crippen LogP contribution in [0.4, 0.5) is 0 Å². The van der Waals surface area contributed by atoms with Gasteiger partial charge in [-0.05, 0) is 12.3 Å². The summed E-state index contributed by atoms with van der Waals surface area (Å²) in [6.45, 7) is 2.71. The molecule has 0 spiro atoms. The fourth-order valence-electron chi connectivity index (χ4n) is 2.30. The van der Waals surface area contributed by atoms with Gasteiger partial charge in [-0.3, -0.25) is 18.9 Å². The molecule has 0 aliphatic carbocycles. The number of aliphatic carboxylic acids is 2. The van der Waals surface area contributed by atoms with E-state index in [4.69, 9.17) is 9.05 Å². The highest BCUT2D eigenvalue weighted by Crippen LogP contribution is 2.54.